The van der Waals surface area contributed by atoms with Crippen molar-refractivity contribution in [2.75, 3.05) is 32.1 Å². The molecule has 0 radical (unpaired) electrons. The van der Waals surface area contributed by atoms with Gasteiger partial charge in [-0.15, -0.1) is 0 Å². The zero-order valence-corrected chi connectivity index (χ0v) is 11.2. The van der Waals surface area contributed by atoms with E-state index in [1.54, 1.807) is 19.1 Å². The molecule has 0 saturated carbocycles. The van der Waals surface area contributed by atoms with Crippen molar-refractivity contribution in [3.63, 3.8) is 0 Å². The monoisotopic (exact) mass is 252 g/mol. The molecule has 18 heavy (non-hydrogen) atoms. The smallest absolute Gasteiger partial charge is 0.146 e. The average Bonchev–Trinajstić information content (AvgIpc) is 2.77. The van der Waals surface area contributed by atoms with Crippen molar-refractivity contribution in [3.05, 3.63) is 29.6 Å². The minimum Gasteiger partial charge on any atom is -0.389 e. The van der Waals surface area contributed by atoms with Crippen LogP contribution in [-0.2, 0) is 0 Å². The maximum absolute atomic E-state index is 14.0. The molecule has 3 nitrogen and oxygen atoms in total. The lowest BCUT2D eigenvalue weighted by atomic mass is 10.1. The molecule has 1 aromatic carbocycles. The summed E-state index contributed by atoms with van der Waals surface area (Å²) in [7, 11) is 4.09. The number of anilines is 1. The Balaban J connectivity index is 2.29. The Labute approximate surface area is 108 Å². The third-order valence-electron chi connectivity index (χ3n) is 3.68. The van der Waals surface area contributed by atoms with Crippen LogP contribution in [0.15, 0.2) is 18.2 Å². The third-order valence-corrected chi connectivity index (χ3v) is 3.68. The van der Waals surface area contributed by atoms with Gasteiger partial charge in [0.05, 0.1) is 11.8 Å². The van der Waals surface area contributed by atoms with E-state index in [4.69, 9.17) is 0 Å². The molecule has 1 saturated heterocycles. The minimum absolute atomic E-state index is 0.243. The molecule has 2 rings (SSSR count). The Bertz CT molecular complexity index is 420. The lowest BCUT2D eigenvalue weighted by Gasteiger charge is -2.25. The number of rotatable bonds is 3. The average molecular weight is 252 g/mol. The first-order valence-electron chi connectivity index (χ1n) is 6.38. The van der Waals surface area contributed by atoms with Crippen LogP contribution in [0.25, 0.3) is 0 Å². The maximum Gasteiger partial charge on any atom is 0.146 e. The quantitative estimate of drug-likeness (QED) is 0.891. The van der Waals surface area contributed by atoms with Crippen LogP contribution in [0.1, 0.15) is 25.0 Å². The Morgan fingerprint density at radius 1 is 1.44 bits per heavy atom. The molecule has 0 aromatic heterocycles. The van der Waals surface area contributed by atoms with Gasteiger partial charge >= 0.3 is 0 Å². The standard InChI is InChI=1S/C14H21FN2O/c1-10(18)12-5-4-6-13(15)14(12)17-8-7-11(9-17)16(2)3/h4-6,10-11,18H,7-9H2,1-3H3. The molecular formula is C14H21FN2O. The Hall–Kier alpha value is -1.13. The summed E-state index contributed by atoms with van der Waals surface area (Å²) in [5.41, 5.74) is 1.24. The van der Waals surface area contributed by atoms with E-state index in [9.17, 15) is 9.50 Å². The number of likely N-dealkylation sites (N-methyl/N-ethyl adjacent to an activating group) is 1. The van der Waals surface area contributed by atoms with E-state index in [-0.39, 0.29) is 5.82 Å². The van der Waals surface area contributed by atoms with Gasteiger partial charge in [-0.3, -0.25) is 0 Å². The van der Waals surface area contributed by atoms with E-state index in [1.807, 2.05) is 19.0 Å². The summed E-state index contributed by atoms with van der Waals surface area (Å²) in [6.45, 7) is 3.33. The summed E-state index contributed by atoms with van der Waals surface area (Å²) in [5.74, 6) is -0.243. The van der Waals surface area contributed by atoms with Crippen molar-refractivity contribution in [2.45, 2.75) is 25.5 Å². The van der Waals surface area contributed by atoms with Gasteiger partial charge in [0.2, 0.25) is 0 Å². The lowest BCUT2D eigenvalue weighted by Crippen LogP contribution is -2.32. The minimum atomic E-state index is -0.644. The predicted molar refractivity (Wildman–Crippen MR) is 71.3 cm³/mol. The van der Waals surface area contributed by atoms with E-state index in [0.717, 1.165) is 19.5 Å². The molecule has 1 fully saturated rings. The van der Waals surface area contributed by atoms with Gasteiger partial charge in [-0.1, -0.05) is 12.1 Å². The van der Waals surface area contributed by atoms with Crippen molar-refractivity contribution >= 4 is 5.69 Å². The van der Waals surface area contributed by atoms with Crippen molar-refractivity contribution in [2.24, 2.45) is 0 Å². The summed E-state index contributed by atoms with van der Waals surface area (Å²) in [4.78, 5) is 4.21. The van der Waals surface area contributed by atoms with Crippen molar-refractivity contribution in [1.29, 1.82) is 0 Å². The molecule has 1 aliphatic rings. The summed E-state index contributed by atoms with van der Waals surface area (Å²) in [6, 6.07) is 5.36. The Morgan fingerprint density at radius 2 is 2.17 bits per heavy atom. The van der Waals surface area contributed by atoms with Crippen LogP contribution in [-0.4, -0.2) is 43.2 Å². The molecule has 0 bridgehead atoms. The van der Waals surface area contributed by atoms with Crippen LogP contribution >= 0.6 is 0 Å². The van der Waals surface area contributed by atoms with Crippen LogP contribution in [0.3, 0.4) is 0 Å². The molecule has 1 aromatic rings. The van der Waals surface area contributed by atoms with Gasteiger partial charge in [0.1, 0.15) is 5.82 Å². The summed E-state index contributed by atoms with van der Waals surface area (Å²) >= 11 is 0. The van der Waals surface area contributed by atoms with E-state index in [1.165, 1.54) is 6.07 Å². The van der Waals surface area contributed by atoms with Crippen molar-refractivity contribution in [3.8, 4) is 0 Å². The van der Waals surface area contributed by atoms with Crippen LogP contribution in [0.2, 0.25) is 0 Å². The SMILES string of the molecule is CC(O)c1cccc(F)c1N1CCC(N(C)C)C1. The number of nitrogens with zero attached hydrogens (tertiary/aromatic N) is 2. The van der Waals surface area contributed by atoms with Crippen molar-refractivity contribution in [1.82, 2.24) is 4.90 Å². The fourth-order valence-corrected chi connectivity index (χ4v) is 2.57. The topological polar surface area (TPSA) is 26.7 Å². The number of hydrogen-bond acceptors (Lipinski definition) is 3. The molecule has 0 spiro atoms. The number of benzene rings is 1. The van der Waals surface area contributed by atoms with Gasteiger partial charge in [0.15, 0.2) is 0 Å². The molecule has 100 valence electrons. The van der Waals surface area contributed by atoms with Crippen LogP contribution in [0.5, 0.6) is 0 Å². The Kier molecular flexibility index (Phi) is 3.88. The van der Waals surface area contributed by atoms with E-state index in [0.29, 0.717) is 17.3 Å². The highest BCUT2D eigenvalue weighted by atomic mass is 19.1. The molecule has 1 N–H and O–H groups in total. The van der Waals surface area contributed by atoms with Gasteiger partial charge in [0.25, 0.3) is 0 Å². The van der Waals surface area contributed by atoms with Gasteiger partial charge in [-0.25, -0.2) is 4.39 Å². The first-order chi connectivity index (χ1) is 8.50. The van der Waals surface area contributed by atoms with Crippen molar-refractivity contribution < 1.29 is 9.50 Å². The van der Waals surface area contributed by atoms with E-state index < -0.39 is 6.10 Å². The normalized spacial score (nSPS) is 21.7. The number of hydrogen-bond donors (Lipinski definition) is 1. The predicted octanol–water partition coefficient (Wildman–Crippen LogP) is 2.02. The fraction of sp³-hybridized carbons (Fsp3) is 0.571. The van der Waals surface area contributed by atoms with Crippen LogP contribution in [0.4, 0.5) is 10.1 Å². The lowest BCUT2D eigenvalue weighted by molar-refractivity contribution is 0.199. The largest absolute Gasteiger partial charge is 0.389 e. The molecule has 2 atom stereocenters. The number of aliphatic hydroxyl groups excluding tert-OH is 1. The molecule has 2 unspecified atom stereocenters. The highest BCUT2D eigenvalue weighted by Crippen LogP contribution is 2.32. The zero-order chi connectivity index (χ0) is 13.3. The number of aliphatic hydroxyl groups is 1. The van der Waals surface area contributed by atoms with E-state index in [2.05, 4.69) is 4.90 Å². The maximum atomic E-state index is 14.0. The van der Waals surface area contributed by atoms with E-state index >= 15 is 0 Å². The highest BCUT2D eigenvalue weighted by Gasteiger charge is 2.28. The molecular weight excluding hydrogens is 231 g/mol. The molecule has 1 heterocycles. The van der Waals surface area contributed by atoms with Gasteiger partial charge in [0, 0.05) is 24.7 Å². The Morgan fingerprint density at radius 3 is 2.72 bits per heavy atom. The number of halogens is 1. The summed E-state index contributed by atoms with van der Waals surface area (Å²) in [5, 5.41) is 9.76. The van der Waals surface area contributed by atoms with Crippen LogP contribution < -0.4 is 4.90 Å². The number of para-hydroxylation sites is 1. The molecule has 0 aliphatic carbocycles. The van der Waals surface area contributed by atoms with Crippen LogP contribution in [0, 0.1) is 5.82 Å². The second-order valence-corrected chi connectivity index (χ2v) is 5.21. The molecule has 4 heteroatoms. The fourth-order valence-electron chi connectivity index (χ4n) is 2.57. The second kappa shape index (κ2) is 5.24. The second-order valence-electron chi connectivity index (χ2n) is 5.21. The first-order valence-corrected chi connectivity index (χ1v) is 6.38. The summed E-state index contributed by atoms with van der Waals surface area (Å²) < 4.78 is 14.0. The highest BCUT2D eigenvalue weighted by molar-refractivity contribution is 5.56. The molecule has 1 aliphatic heterocycles. The first kappa shape index (κ1) is 13.3. The van der Waals surface area contributed by atoms with Gasteiger partial charge in [-0.2, -0.15) is 0 Å². The summed E-state index contributed by atoms with van der Waals surface area (Å²) in [6.07, 6.45) is 0.384. The van der Waals surface area contributed by atoms with Gasteiger partial charge < -0.3 is 14.9 Å². The third kappa shape index (κ3) is 2.49. The van der Waals surface area contributed by atoms with Gasteiger partial charge in [-0.05, 0) is 33.5 Å². The zero-order valence-electron chi connectivity index (χ0n) is 11.2. The molecule has 0 amide bonds.